The van der Waals surface area contributed by atoms with Crippen LogP contribution in [-0.4, -0.2) is 34.1 Å². The number of ether oxygens (including phenoxy) is 1. The van der Waals surface area contributed by atoms with E-state index in [2.05, 4.69) is 0 Å². The molecule has 1 atom stereocenters. The van der Waals surface area contributed by atoms with Gasteiger partial charge in [0.05, 0.1) is 11.0 Å². The molecule has 1 aliphatic heterocycles. The first-order valence-electron chi connectivity index (χ1n) is 6.89. The lowest BCUT2D eigenvalue weighted by Gasteiger charge is -2.18. The summed E-state index contributed by atoms with van der Waals surface area (Å²) < 4.78 is 27.9. The molecule has 0 aliphatic carbocycles. The summed E-state index contributed by atoms with van der Waals surface area (Å²) in [7, 11) is -2.04. The minimum Gasteiger partial charge on any atom is -0.378 e. The second-order valence-electron chi connectivity index (χ2n) is 5.17. The highest BCUT2D eigenvalue weighted by Gasteiger charge is 2.19. The van der Waals surface area contributed by atoms with Crippen LogP contribution >= 0.6 is 0 Å². The lowest BCUT2D eigenvalue weighted by Crippen LogP contribution is -2.27. The molecule has 21 heavy (non-hydrogen) atoms. The molecule has 1 unspecified atom stereocenters. The maximum absolute atomic E-state index is 12.1. The quantitative estimate of drug-likeness (QED) is 0.886. The molecule has 1 aliphatic rings. The van der Waals surface area contributed by atoms with Crippen molar-refractivity contribution >= 4 is 21.6 Å². The van der Waals surface area contributed by atoms with Gasteiger partial charge in [-0.15, -0.1) is 0 Å². The van der Waals surface area contributed by atoms with Gasteiger partial charge >= 0.3 is 0 Å². The summed E-state index contributed by atoms with van der Waals surface area (Å²) in [4.78, 5) is 13.7. The molecule has 1 fully saturated rings. The molecule has 0 bridgehead atoms. The van der Waals surface area contributed by atoms with Crippen molar-refractivity contribution in [3.63, 3.8) is 0 Å². The van der Waals surface area contributed by atoms with Gasteiger partial charge in [-0.3, -0.25) is 4.79 Å². The van der Waals surface area contributed by atoms with Crippen LogP contribution < -0.4 is 10.0 Å². The molecule has 7 heteroatoms. The Labute approximate surface area is 124 Å². The van der Waals surface area contributed by atoms with Gasteiger partial charge in [0.1, 0.15) is 0 Å². The summed E-state index contributed by atoms with van der Waals surface area (Å²) >= 11 is 0. The minimum absolute atomic E-state index is 0.0196. The van der Waals surface area contributed by atoms with E-state index in [0.717, 1.165) is 25.9 Å². The van der Waals surface area contributed by atoms with E-state index in [4.69, 9.17) is 9.88 Å². The van der Waals surface area contributed by atoms with E-state index in [9.17, 15) is 13.2 Å². The van der Waals surface area contributed by atoms with Crippen molar-refractivity contribution in [1.29, 1.82) is 0 Å². The second kappa shape index (κ2) is 6.55. The monoisotopic (exact) mass is 312 g/mol. The molecule has 1 amide bonds. The number of sulfonamides is 1. The number of carbonyl (C=O) groups excluding carboxylic acids is 1. The standard InChI is InChI=1S/C14H20N2O4S/c1-16(14(17)9-6-12-3-2-10-20-12)11-4-7-13(8-5-11)21(15,18)19/h4-5,7-8,12H,2-3,6,9-10H2,1H3,(H2,15,18,19). The van der Waals surface area contributed by atoms with Gasteiger partial charge in [-0.1, -0.05) is 0 Å². The first-order chi connectivity index (χ1) is 9.88. The average molecular weight is 312 g/mol. The predicted octanol–water partition coefficient (Wildman–Crippen LogP) is 1.26. The van der Waals surface area contributed by atoms with Crippen LogP contribution in [0.15, 0.2) is 29.2 Å². The Bertz CT molecular complexity index is 592. The van der Waals surface area contributed by atoms with Crippen LogP contribution in [0.2, 0.25) is 0 Å². The highest BCUT2D eigenvalue weighted by molar-refractivity contribution is 7.89. The van der Waals surface area contributed by atoms with Crippen molar-refractivity contribution in [2.24, 2.45) is 5.14 Å². The largest absolute Gasteiger partial charge is 0.378 e. The Morgan fingerprint density at radius 3 is 2.57 bits per heavy atom. The number of nitrogens with zero attached hydrogens (tertiary/aromatic N) is 1. The number of nitrogens with two attached hydrogens (primary N) is 1. The number of rotatable bonds is 5. The SMILES string of the molecule is CN(C(=O)CCC1CCCO1)c1ccc(S(N)(=O)=O)cc1. The smallest absolute Gasteiger partial charge is 0.238 e. The van der Waals surface area contributed by atoms with Crippen LogP contribution in [-0.2, 0) is 19.6 Å². The molecular weight excluding hydrogens is 292 g/mol. The highest BCUT2D eigenvalue weighted by Crippen LogP contribution is 2.20. The molecule has 116 valence electrons. The van der Waals surface area contributed by atoms with Crippen LogP contribution in [0.25, 0.3) is 0 Å². The Kier molecular flexibility index (Phi) is 4.97. The molecule has 2 rings (SSSR count). The fraction of sp³-hybridized carbons (Fsp3) is 0.500. The summed E-state index contributed by atoms with van der Waals surface area (Å²) in [5, 5.41) is 5.04. The second-order valence-corrected chi connectivity index (χ2v) is 6.73. The number of amides is 1. The molecule has 0 spiro atoms. The first-order valence-corrected chi connectivity index (χ1v) is 8.43. The molecule has 2 N–H and O–H groups in total. The molecular formula is C14H20N2O4S. The van der Waals surface area contributed by atoms with Crippen molar-refractivity contribution in [2.75, 3.05) is 18.6 Å². The van der Waals surface area contributed by atoms with Crippen molar-refractivity contribution in [3.05, 3.63) is 24.3 Å². The zero-order valence-electron chi connectivity index (χ0n) is 12.0. The maximum atomic E-state index is 12.1. The predicted molar refractivity (Wildman–Crippen MR) is 79.4 cm³/mol. The third kappa shape index (κ3) is 4.26. The molecule has 0 radical (unpaired) electrons. The Morgan fingerprint density at radius 2 is 2.05 bits per heavy atom. The fourth-order valence-electron chi connectivity index (χ4n) is 2.33. The van der Waals surface area contributed by atoms with Gasteiger partial charge in [-0.2, -0.15) is 0 Å². The van der Waals surface area contributed by atoms with Gasteiger partial charge in [-0.25, -0.2) is 13.6 Å². The van der Waals surface area contributed by atoms with Gasteiger partial charge in [0.15, 0.2) is 0 Å². The molecule has 1 heterocycles. The zero-order valence-corrected chi connectivity index (χ0v) is 12.8. The van der Waals surface area contributed by atoms with E-state index in [1.165, 1.54) is 17.0 Å². The third-order valence-electron chi connectivity index (χ3n) is 3.63. The van der Waals surface area contributed by atoms with E-state index in [1.807, 2.05) is 0 Å². The number of primary sulfonamides is 1. The lowest BCUT2D eigenvalue weighted by molar-refractivity contribution is -0.118. The average Bonchev–Trinajstić information content (AvgIpc) is 2.96. The zero-order chi connectivity index (χ0) is 15.5. The van der Waals surface area contributed by atoms with Gasteiger partial charge in [0.2, 0.25) is 15.9 Å². The van der Waals surface area contributed by atoms with E-state index in [0.29, 0.717) is 12.1 Å². The first kappa shape index (κ1) is 15.9. The van der Waals surface area contributed by atoms with Crippen molar-refractivity contribution < 1.29 is 17.9 Å². The molecule has 1 aromatic rings. The molecule has 0 saturated carbocycles. The Balaban J connectivity index is 1.95. The van der Waals surface area contributed by atoms with Crippen LogP contribution in [0.3, 0.4) is 0 Å². The van der Waals surface area contributed by atoms with E-state index in [-0.39, 0.29) is 16.9 Å². The number of hydrogen-bond acceptors (Lipinski definition) is 4. The molecule has 1 aromatic carbocycles. The van der Waals surface area contributed by atoms with Crippen LogP contribution in [0.4, 0.5) is 5.69 Å². The van der Waals surface area contributed by atoms with Crippen molar-refractivity contribution in [2.45, 2.75) is 36.7 Å². The van der Waals surface area contributed by atoms with Gasteiger partial charge in [0.25, 0.3) is 0 Å². The number of anilines is 1. The highest BCUT2D eigenvalue weighted by atomic mass is 32.2. The number of hydrogen-bond donors (Lipinski definition) is 1. The van der Waals surface area contributed by atoms with Crippen LogP contribution in [0, 0.1) is 0 Å². The topological polar surface area (TPSA) is 89.7 Å². The molecule has 1 saturated heterocycles. The summed E-state index contributed by atoms with van der Waals surface area (Å²) in [6.45, 7) is 0.781. The molecule has 6 nitrogen and oxygen atoms in total. The Hall–Kier alpha value is -1.44. The summed E-state index contributed by atoms with van der Waals surface area (Å²) in [5.41, 5.74) is 0.639. The van der Waals surface area contributed by atoms with Crippen molar-refractivity contribution in [3.8, 4) is 0 Å². The summed E-state index contributed by atoms with van der Waals surface area (Å²) in [6.07, 6.45) is 3.40. The summed E-state index contributed by atoms with van der Waals surface area (Å²) in [6, 6.07) is 5.94. The van der Waals surface area contributed by atoms with Crippen molar-refractivity contribution in [1.82, 2.24) is 0 Å². The third-order valence-corrected chi connectivity index (χ3v) is 4.56. The number of benzene rings is 1. The number of carbonyl (C=O) groups is 1. The van der Waals surface area contributed by atoms with Crippen LogP contribution in [0.5, 0.6) is 0 Å². The molecule has 0 aromatic heterocycles. The summed E-state index contributed by atoms with van der Waals surface area (Å²) in [5.74, 6) is -0.0196. The fourth-order valence-corrected chi connectivity index (χ4v) is 2.84. The van der Waals surface area contributed by atoms with E-state index >= 15 is 0 Å². The van der Waals surface area contributed by atoms with Gasteiger partial charge in [0, 0.05) is 25.8 Å². The van der Waals surface area contributed by atoms with Gasteiger partial charge in [-0.05, 0) is 43.5 Å². The lowest BCUT2D eigenvalue weighted by atomic mass is 10.1. The Morgan fingerprint density at radius 1 is 1.38 bits per heavy atom. The van der Waals surface area contributed by atoms with Crippen LogP contribution in [0.1, 0.15) is 25.7 Å². The van der Waals surface area contributed by atoms with E-state index in [1.54, 1.807) is 19.2 Å². The van der Waals surface area contributed by atoms with E-state index < -0.39 is 10.0 Å². The normalized spacial score (nSPS) is 18.7. The van der Waals surface area contributed by atoms with Gasteiger partial charge < -0.3 is 9.64 Å². The maximum Gasteiger partial charge on any atom is 0.238 e. The minimum atomic E-state index is -3.71.